The highest BCUT2D eigenvalue weighted by atomic mass is 35.5. The lowest BCUT2D eigenvalue weighted by Gasteiger charge is -2.10. The van der Waals surface area contributed by atoms with Gasteiger partial charge in [0.1, 0.15) is 11.4 Å². The fraction of sp³-hybridized carbons (Fsp3) is 0.0667. The van der Waals surface area contributed by atoms with Crippen molar-refractivity contribution in [3.63, 3.8) is 0 Å². The first-order valence-corrected chi connectivity index (χ1v) is 6.19. The Hall–Kier alpha value is -2.58. The summed E-state index contributed by atoms with van der Waals surface area (Å²) in [6.45, 7) is 0. The van der Waals surface area contributed by atoms with E-state index in [1.165, 1.54) is 37.4 Å². The molecule has 0 atom stereocenters. The Balaban J connectivity index is 2.34. The lowest BCUT2D eigenvalue weighted by Crippen LogP contribution is -2.12. The smallest absolute Gasteiger partial charge is 0.348 e. The molecule has 2 rings (SSSR count). The van der Waals surface area contributed by atoms with Gasteiger partial charge in [-0.1, -0.05) is 17.7 Å². The third-order valence-corrected chi connectivity index (χ3v) is 2.98. The Labute approximate surface area is 125 Å². The molecule has 0 aromatic heterocycles. The first-order valence-electron chi connectivity index (χ1n) is 5.81. The van der Waals surface area contributed by atoms with Crippen molar-refractivity contribution in [2.45, 2.75) is 0 Å². The molecule has 0 aliphatic heterocycles. The molecule has 0 radical (unpaired) electrons. The number of carbonyl (C=O) groups is 1. The Morgan fingerprint density at radius 2 is 2.05 bits per heavy atom. The maximum atomic E-state index is 13.6. The molecule has 4 nitrogen and oxygen atoms in total. The predicted octanol–water partition coefficient (Wildman–Crippen LogP) is 3.58. The van der Waals surface area contributed by atoms with Crippen molar-refractivity contribution in [3.8, 4) is 17.6 Å². The van der Waals surface area contributed by atoms with Gasteiger partial charge in [-0.3, -0.25) is 0 Å². The fourth-order valence-corrected chi connectivity index (χ4v) is 1.91. The topological polar surface area (TPSA) is 59.3 Å². The lowest BCUT2D eigenvalue weighted by atomic mass is 10.2. The van der Waals surface area contributed by atoms with E-state index in [0.29, 0.717) is 5.56 Å². The summed E-state index contributed by atoms with van der Waals surface area (Å²) in [4.78, 5) is 12.0. The first kappa shape index (κ1) is 14.8. The van der Waals surface area contributed by atoms with Gasteiger partial charge >= 0.3 is 5.97 Å². The zero-order chi connectivity index (χ0) is 15.4. The van der Waals surface area contributed by atoms with Crippen LogP contribution in [0.2, 0.25) is 5.02 Å². The quantitative estimate of drug-likeness (QED) is 0.642. The second kappa shape index (κ2) is 6.25. The summed E-state index contributed by atoms with van der Waals surface area (Å²) in [6.07, 6.45) is 0. The summed E-state index contributed by atoms with van der Waals surface area (Å²) in [7, 11) is 1.36. The van der Waals surface area contributed by atoms with Gasteiger partial charge in [0, 0.05) is 6.07 Å². The van der Waals surface area contributed by atoms with Crippen LogP contribution in [0.3, 0.4) is 0 Å². The number of hydrogen-bond acceptors (Lipinski definition) is 4. The summed E-state index contributed by atoms with van der Waals surface area (Å²) in [5.74, 6) is -1.46. The molecular weight excluding hydrogens is 297 g/mol. The first-order chi connectivity index (χ1) is 10.1. The molecule has 0 amide bonds. The van der Waals surface area contributed by atoms with Crippen LogP contribution in [0.5, 0.6) is 11.5 Å². The third kappa shape index (κ3) is 3.12. The molecular formula is C15H9ClFNO3. The summed E-state index contributed by atoms with van der Waals surface area (Å²) >= 11 is 5.80. The third-order valence-electron chi connectivity index (χ3n) is 2.66. The summed E-state index contributed by atoms with van der Waals surface area (Å²) < 4.78 is 23.8. The minimum Gasteiger partial charge on any atom is -0.493 e. The molecule has 0 saturated carbocycles. The fourth-order valence-electron chi connectivity index (χ4n) is 1.67. The molecule has 0 bridgehead atoms. The van der Waals surface area contributed by atoms with Crippen LogP contribution in [0.4, 0.5) is 4.39 Å². The largest absolute Gasteiger partial charge is 0.493 e. The number of nitrogens with zero attached hydrogens (tertiary/aromatic N) is 1. The molecule has 0 fully saturated rings. The van der Waals surface area contributed by atoms with Gasteiger partial charge in [-0.2, -0.15) is 5.26 Å². The van der Waals surface area contributed by atoms with Crippen LogP contribution in [0.25, 0.3) is 0 Å². The SMILES string of the molecule is COc1cc(C#N)ccc1OC(=O)c1c(F)cccc1Cl. The van der Waals surface area contributed by atoms with Crippen LogP contribution < -0.4 is 9.47 Å². The van der Waals surface area contributed by atoms with Crippen LogP contribution in [0.1, 0.15) is 15.9 Å². The van der Waals surface area contributed by atoms with Gasteiger partial charge in [0.15, 0.2) is 11.5 Å². The van der Waals surface area contributed by atoms with Crippen molar-refractivity contribution in [1.29, 1.82) is 5.26 Å². The van der Waals surface area contributed by atoms with Crippen LogP contribution >= 0.6 is 11.6 Å². The highest BCUT2D eigenvalue weighted by Gasteiger charge is 2.19. The highest BCUT2D eigenvalue weighted by molar-refractivity contribution is 6.33. The van der Waals surface area contributed by atoms with Crippen molar-refractivity contribution < 1.29 is 18.7 Å². The minimum absolute atomic E-state index is 0.0485. The summed E-state index contributed by atoms with van der Waals surface area (Å²) in [5.41, 5.74) is -0.0128. The molecule has 0 N–H and O–H groups in total. The normalized spacial score (nSPS) is 9.81. The Morgan fingerprint density at radius 1 is 1.29 bits per heavy atom. The van der Waals surface area contributed by atoms with E-state index in [1.807, 2.05) is 6.07 Å². The average Bonchev–Trinajstić information content (AvgIpc) is 2.47. The standard InChI is InChI=1S/C15H9ClFNO3/c1-20-13-7-9(8-18)5-6-12(13)21-15(19)14-10(16)3-2-4-11(14)17/h2-7H,1H3. The van der Waals surface area contributed by atoms with E-state index in [1.54, 1.807) is 0 Å². The molecule has 0 aliphatic carbocycles. The molecule has 2 aromatic carbocycles. The molecule has 6 heteroatoms. The zero-order valence-electron chi connectivity index (χ0n) is 10.9. The van der Waals surface area contributed by atoms with Gasteiger partial charge in [0.2, 0.25) is 0 Å². The van der Waals surface area contributed by atoms with E-state index in [2.05, 4.69) is 0 Å². The predicted molar refractivity (Wildman–Crippen MR) is 74.1 cm³/mol. The Kier molecular flexibility index (Phi) is 4.41. The average molecular weight is 306 g/mol. The number of rotatable bonds is 3. The molecule has 106 valence electrons. The number of benzene rings is 2. The number of methoxy groups -OCH3 is 1. The van der Waals surface area contributed by atoms with E-state index < -0.39 is 11.8 Å². The van der Waals surface area contributed by atoms with E-state index in [9.17, 15) is 9.18 Å². The van der Waals surface area contributed by atoms with Gasteiger partial charge < -0.3 is 9.47 Å². The van der Waals surface area contributed by atoms with Gasteiger partial charge in [0.25, 0.3) is 0 Å². The zero-order valence-corrected chi connectivity index (χ0v) is 11.6. The van der Waals surface area contributed by atoms with Crippen LogP contribution in [-0.2, 0) is 0 Å². The van der Waals surface area contributed by atoms with Crippen molar-refractivity contribution >= 4 is 17.6 Å². The van der Waals surface area contributed by atoms with Crippen LogP contribution in [0.15, 0.2) is 36.4 Å². The van der Waals surface area contributed by atoms with Crippen molar-refractivity contribution in [1.82, 2.24) is 0 Å². The van der Waals surface area contributed by atoms with Crippen LogP contribution in [-0.4, -0.2) is 13.1 Å². The second-order valence-electron chi connectivity index (χ2n) is 3.96. The monoisotopic (exact) mass is 305 g/mol. The van der Waals surface area contributed by atoms with Gasteiger partial charge in [-0.25, -0.2) is 9.18 Å². The summed E-state index contributed by atoms with van der Waals surface area (Å²) in [6, 6.07) is 10.1. The van der Waals surface area contributed by atoms with E-state index >= 15 is 0 Å². The van der Waals surface area contributed by atoms with Crippen LogP contribution in [0, 0.1) is 17.1 Å². The number of halogens is 2. The maximum Gasteiger partial charge on any atom is 0.348 e. The lowest BCUT2D eigenvalue weighted by molar-refractivity contribution is 0.0725. The van der Waals surface area contributed by atoms with E-state index in [4.69, 9.17) is 26.3 Å². The molecule has 0 saturated heterocycles. The van der Waals surface area contributed by atoms with Crippen molar-refractivity contribution in [2.24, 2.45) is 0 Å². The highest BCUT2D eigenvalue weighted by Crippen LogP contribution is 2.29. The van der Waals surface area contributed by atoms with Gasteiger partial charge in [-0.05, 0) is 24.3 Å². The Bertz CT molecular complexity index is 720. The molecule has 21 heavy (non-hydrogen) atoms. The number of nitriles is 1. The molecule has 0 spiro atoms. The van der Waals surface area contributed by atoms with Gasteiger partial charge in [-0.15, -0.1) is 0 Å². The van der Waals surface area contributed by atoms with Crippen molar-refractivity contribution in [2.75, 3.05) is 7.11 Å². The minimum atomic E-state index is -0.943. The van der Waals surface area contributed by atoms with Crippen molar-refractivity contribution in [3.05, 3.63) is 58.4 Å². The summed E-state index contributed by atoms with van der Waals surface area (Å²) in [5, 5.41) is 8.75. The Morgan fingerprint density at radius 3 is 2.67 bits per heavy atom. The molecule has 0 aliphatic rings. The molecule has 0 unspecified atom stereocenters. The number of ether oxygens (including phenoxy) is 2. The maximum absolute atomic E-state index is 13.6. The second-order valence-corrected chi connectivity index (χ2v) is 4.37. The van der Waals surface area contributed by atoms with E-state index in [-0.39, 0.29) is 22.1 Å². The molecule has 0 heterocycles. The molecule has 2 aromatic rings. The number of hydrogen-bond donors (Lipinski definition) is 0. The number of esters is 1. The van der Waals surface area contributed by atoms with Gasteiger partial charge in [0.05, 0.1) is 23.8 Å². The van der Waals surface area contributed by atoms with E-state index in [0.717, 1.165) is 6.07 Å². The number of carbonyl (C=O) groups excluding carboxylic acids is 1.